The third kappa shape index (κ3) is 2.24. The SMILES string of the molecule is N#Cc1c(C(F)(F)F)cc(Cl)c(CO)c1Cl. The Bertz CT molecular complexity index is 465. The Morgan fingerprint density at radius 1 is 1.38 bits per heavy atom. The van der Waals surface area contributed by atoms with E-state index in [1.807, 2.05) is 0 Å². The summed E-state index contributed by atoms with van der Waals surface area (Å²) in [4.78, 5) is 0. The predicted octanol–water partition coefficient (Wildman–Crippen LogP) is 3.38. The Balaban J connectivity index is 3.62. The second-order valence-corrected chi connectivity index (χ2v) is 3.63. The zero-order chi connectivity index (χ0) is 12.5. The van der Waals surface area contributed by atoms with Gasteiger partial charge in [0.05, 0.1) is 22.8 Å². The molecule has 0 aliphatic heterocycles. The van der Waals surface area contributed by atoms with Crippen LogP contribution in [0.25, 0.3) is 0 Å². The molecule has 0 fully saturated rings. The lowest BCUT2D eigenvalue weighted by Crippen LogP contribution is -2.09. The van der Waals surface area contributed by atoms with E-state index in [2.05, 4.69) is 0 Å². The second-order valence-electron chi connectivity index (χ2n) is 2.84. The van der Waals surface area contributed by atoms with Crippen LogP contribution in [0.4, 0.5) is 13.2 Å². The Labute approximate surface area is 98.8 Å². The molecule has 1 N–H and O–H groups in total. The molecular weight excluding hydrogens is 266 g/mol. The van der Waals surface area contributed by atoms with Crippen LogP contribution in [0, 0.1) is 11.3 Å². The number of aliphatic hydroxyl groups excluding tert-OH is 1. The van der Waals surface area contributed by atoms with Crippen LogP contribution in [0.3, 0.4) is 0 Å². The highest BCUT2D eigenvalue weighted by atomic mass is 35.5. The summed E-state index contributed by atoms with van der Waals surface area (Å²) in [5.41, 5.74) is -2.03. The van der Waals surface area contributed by atoms with Gasteiger partial charge in [-0.05, 0) is 6.07 Å². The van der Waals surface area contributed by atoms with E-state index in [9.17, 15) is 13.2 Å². The van der Waals surface area contributed by atoms with E-state index in [1.165, 1.54) is 6.07 Å². The smallest absolute Gasteiger partial charge is 0.392 e. The molecule has 86 valence electrons. The standard InChI is InChI=1S/C9H4Cl2F3NO/c10-7-1-6(9(12,13)14)4(2-15)8(11)5(7)3-16/h1,16H,3H2. The van der Waals surface area contributed by atoms with Gasteiger partial charge in [0.2, 0.25) is 0 Å². The number of halogens is 5. The largest absolute Gasteiger partial charge is 0.417 e. The summed E-state index contributed by atoms with van der Waals surface area (Å²) < 4.78 is 37.5. The van der Waals surface area contributed by atoms with E-state index >= 15 is 0 Å². The first-order chi connectivity index (χ1) is 7.32. The molecule has 0 aromatic heterocycles. The Morgan fingerprint density at radius 3 is 2.31 bits per heavy atom. The first kappa shape index (κ1) is 13.1. The molecule has 0 aliphatic carbocycles. The molecule has 0 unspecified atom stereocenters. The Hall–Kier alpha value is -0.960. The summed E-state index contributed by atoms with van der Waals surface area (Å²) in [6.45, 7) is -0.634. The molecule has 1 rings (SSSR count). The summed E-state index contributed by atoms with van der Waals surface area (Å²) in [6, 6.07) is 1.93. The van der Waals surface area contributed by atoms with Crippen molar-refractivity contribution in [3.05, 3.63) is 32.8 Å². The van der Waals surface area contributed by atoms with Crippen molar-refractivity contribution in [1.82, 2.24) is 0 Å². The molecule has 0 aliphatic rings. The van der Waals surface area contributed by atoms with Gasteiger partial charge in [0, 0.05) is 10.6 Å². The van der Waals surface area contributed by atoms with E-state index in [1.54, 1.807) is 0 Å². The van der Waals surface area contributed by atoms with Crippen molar-refractivity contribution in [2.24, 2.45) is 0 Å². The molecule has 0 heterocycles. The number of alkyl halides is 3. The van der Waals surface area contributed by atoms with Crippen LogP contribution >= 0.6 is 23.2 Å². The van der Waals surface area contributed by atoms with Gasteiger partial charge >= 0.3 is 6.18 Å². The summed E-state index contributed by atoms with van der Waals surface area (Å²) in [5.74, 6) is 0. The Morgan fingerprint density at radius 2 is 1.94 bits per heavy atom. The van der Waals surface area contributed by atoms with Gasteiger partial charge in [0.15, 0.2) is 0 Å². The van der Waals surface area contributed by atoms with Crippen LogP contribution in [-0.2, 0) is 12.8 Å². The van der Waals surface area contributed by atoms with Gasteiger partial charge < -0.3 is 5.11 Å². The van der Waals surface area contributed by atoms with Gasteiger partial charge in [0.25, 0.3) is 0 Å². The van der Waals surface area contributed by atoms with Gasteiger partial charge in [-0.25, -0.2) is 0 Å². The quantitative estimate of drug-likeness (QED) is 0.850. The van der Waals surface area contributed by atoms with Crippen molar-refractivity contribution < 1.29 is 18.3 Å². The minimum absolute atomic E-state index is 0.0899. The number of rotatable bonds is 1. The highest BCUT2D eigenvalue weighted by Gasteiger charge is 2.36. The summed E-state index contributed by atoms with van der Waals surface area (Å²) in [6.07, 6.45) is -4.72. The van der Waals surface area contributed by atoms with E-state index in [-0.39, 0.29) is 10.6 Å². The van der Waals surface area contributed by atoms with Crippen molar-refractivity contribution >= 4 is 23.2 Å². The number of aliphatic hydroxyl groups is 1. The van der Waals surface area contributed by atoms with Gasteiger partial charge in [0.1, 0.15) is 6.07 Å². The molecule has 0 bridgehead atoms. The number of nitriles is 1. The lowest BCUT2D eigenvalue weighted by molar-refractivity contribution is -0.137. The maximum Gasteiger partial charge on any atom is 0.417 e. The minimum Gasteiger partial charge on any atom is -0.392 e. The zero-order valence-corrected chi connectivity index (χ0v) is 9.08. The monoisotopic (exact) mass is 269 g/mol. The number of hydrogen-bond acceptors (Lipinski definition) is 2. The van der Waals surface area contributed by atoms with E-state index in [0.29, 0.717) is 6.07 Å². The molecule has 1 aromatic rings. The fourth-order valence-corrected chi connectivity index (χ4v) is 1.76. The zero-order valence-electron chi connectivity index (χ0n) is 7.57. The van der Waals surface area contributed by atoms with Gasteiger partial charge in [-0.3, -0.25) is 0 Å². The number of nitrogens with zero attached hydrogens (tertiary/aromatic N) is 1. The van der Waals surface area contributed by atoms with Crippen molar-refractivity contribution in [2.75, 3.05) is 0 Å². The fourth-order valence-electron chi connectivity index (χ4n) is 1.14. The van der Waals surface area contributed by atoms with Crippen LogP contribution in [0.5, 0.6) is 0 Å². The van der Waals surface area contributed by atoms with Crippen LogP contribution in [0.2, 0.25) is 10.0 Å². The molecule has 2 nitrogen and oxygen atoms in total. The van der Waals surface area contributed by atoms with E-state index in [0.717, 1.165) is 0 Å². The molecule has 7 heteroatoms. The average Bonchev–Trinajstić information content (AvgIpc) is 2.16. The van der Waals surface area contributed by atoms with Crippen molar-refractivity contribution in [1.29, 1.82) is 5.26 Å². The molecule has 0 spiro atoms. The molecular formula is C9H4Cl2F3NO. The van der Waals surface area contributed by atoms with Crippen LogP contribution < -0.4 is 0 Å². The van der Waals surface area contributed by atoms with E-state index in [4.69, 9.17) is 33.6 Å². The molecule has 0 saturated carbocycles. The predicted molar refractivity (Wildman–Crippen MR) is 52.1 cm³/mol. The van der Waals surface area contributed by atoms with Gasteiger partial charge in [-0.1, -0.05) is 23.2 Å². The summed E-state index contributed by atoms with van der Waals surface area (Å²) >= 11 is 11.1. The summed E-state index contributed by atoms with van der Waals surface area (Å²) in [5, 5.41) is 16.7. The lowest BCUT2D eigenvalue weighted by Gasteiger charge is -2.13. The molecule has 0 atom stereocenters. The molecule has 0 radical (unpaired) electrons. The van der Waals surface area contributed by atoms with Gasteiger partial charge in [-0.2, -0.15) is 18.4 Å². The van der Waals surface area contributed by atoms with Crippen LogP contribution in [-0.4, -0.2) is 5.11 Å². The molecule has 0 saturated heterocycles. The van der Waals surface area contributed by atoms with Crippen LogP contribution in [0.15, 0.2) is 6.07 Å². The highest BCUT2D eigenvalue weighted by Crippen LogP contribution is 2.39. The fraction of sp³-hybridized carbons (Fsp3) is 0.222. The van der Waals surface area contributed by atoms with E-state index < -0.39 is 28.9 Å². The first-order valence-corrected chi connectivity index (χ1v) is 4.67. The summed E-state index contributed by atoms with van der Waals surface area (Å²) in [7, 11) is 0. The topological polar surface area (TPSA) is 44.0 Å². The maximum atomic E-state index is 12.5. The minimum atomic E-state index is -4.72. The Kier molecular flexibility index (Phi) is 3.68. The third-order valence-electron chi connectivity index (χ3n) is 1.89. The number of benzene rings is 1. The lowest BCUT2D eigenvalue weighted by atomic mass is 10.0. The van der Waals surface area contributed by atoms with Crippen molar-refractivity contribution in [2.45, 2.75) is 12.8 Å². The normalized spacial score (nSPS) is 11.3. The average molecular weight is 270 g/mol. The van der Waals surface area contributed by atoms with Gasteiger partial charge in [-0.15, -0.1) is 0 Å². The molecule has 16 heavy (non-hydrogen) atoms. The first-order valence-electron chi connectivity index (χ1n) is 3.92. The van der Waals surface area contributed by atoms with Crippen molar-refractivity contribution in [3.63, 3.8) is 0 Å². The number of hydrogen-bond donors (Lipinski definition) is 1. The maximum absolute atomic E-state index is 12.5. The highest BCUT2D eigenvalue weighted by molar-refractivity contribution is 6.36. The second kappa shape index (κ2) is 4.50. The van der Waals surface area contributed by atoms with Crippen LogP contribution in [0.1, 0.15) is 16.7 Å². The third-order valence-corrected chi connectivity index (χ3v) is 2.64. The molecule has 0 amide bonds. The molecule has 1 aromatic carbocycles. The van der Waals surface area contributed by atoms with Crippen molar-refractivity contribution in [3.8, 4) is 6.07 Å².